The molecular formula is C31H43N3O8. The molecule has 0 aromatic rings. The van der Waals surface area contributed by atoms with Crippen LogP contribution in [0.1, 0.15) is 40.5 Å². The molecule has 1 heterocycles. The third-order valence-corrected chi connectivity index (χ3v) is 7.22. The summed E-state index contributed by atoms with van der Waals surface area (Å²) in [6.07, 6.45) is 5.34. The maximum Gasteiger partial charge on any atom is 0.405 e. The van der Waals surface area contributed by atoms with Crippen LogP contribution in [0.15, 0.2) is 71.1 Å². The van der Waals surface area contributed by atoms with E-state index >= 15 is 0 Å². The predicted molar refractivity (Wildman–Crippen MR) is 158 cm³/mol. The SMILES string of the molecule is C=CCNC1=C2C[C@@H](C)C[C@H](OC)[C@H](O)[C@@H](C)C=C(C)[C@H](OC(N)=O)[C@@H](OC)C=C/C=C(/C)C(=O)NC(=CC1=O)C2=O. The van der Waals surface area contributed by atoms with Crippen molar-refractivity contribution in [2.45, 2.75) is 65.0 Å². The maximum absolute atomic E-state index is 13.5. The van der Waals surface area contributed by atoms with Gasteiger partial charge in [-0.3, -0.25) is 14.4 Å². The van der Waals surface area contributed by atoms with Crippen LogP contribution in [0, 0.1) is 11.8 Å². The van der Waals surface area contributed by atoms with Crippen molar-refractivity contribution in [3.8, 4) is 0 Å². The number of hydrogen-bond donors (Lipinski definition) is 4. The molecule has 0 aromatic heterocycles. The van der Waals surface area contributed by atoms with Gasteiger partial charge in [-0.15, -0.1) is 6.58 Å². The molecule has 230 valence electrons. The normalized spacial score (nSPS) is 29.6. The highest BCUT2D eigenvalue weighted by Gasteiger charge is 2.33. The number of aliphatic hydroxyl groups is 1. The number of nitrogens with two attached hydrogens (primary N) is 1. The Kier molecular flexibility index (Phi) is 13.1. The molecular weight excluding hydrogens is 542 g/mol. The lowest BCUT2D eigenvalue weighted by molar-refractivity contribution is -0.120. The lowest BCUT2D eigenvalue weighted by atomic mass is 9.85. The number of allylic oxidation sites excluding steroid dienone is 4. The molecule has 0 radical (unpaired) electrons. The van der Waals surface area contributed by atoms with Gasteiger partial charge in [0.05, 0.1) is 23.6 Å². The number of carbonyl (C=O) groups excluding carboxylic acids is 4. The van der Waals surface area contributed by atoms with Crippen LogP contribution >= 0.6 is 0 Å². The van der Waals surface area contributed by atoms with Gasteiger partial charge in [0.15, 0.2) is 6.10 Å². The van der Waals surface area contributed by atoms with E-state index in [2.05, 4.69) is 17.2 Å². The topological polar surface area (TPSA) is 166 Å². The zero-order valence-corrected chi connectivity index (χ0v) is 25.1. The second-order valence-electron chi connectivity index (χ2n) is 10.6. The van der Waals surface area contributed by atoms with Crippen molar-refractivity contribution >= 4 is 23.6 Å². The van der Waals surface area contributed by atoms with Gasteiger partial charge in [-0.05, 0) is 38.2 Å². The van der Waals surface area contributed by atoms with Gasteiger partial charge in [0.25, 0.3) is 5.91 Å². The Bertz CT molecular complexity index is 1210. The number of primary amides is 1. The van der Waals surface area contributed by atoms with Gasteiger partial charge in [-0.2, -0.15) is 0 Å². The number of ketones is 2. The summed E-state index contributed by atoms with van der Waals surface area (Å²) >= 11 is 0. The van der Waals surface area contributed by atoms with Crippen molar-refractivity contribution in [1.82, 2.24) is 10.6 Å². The Morgan fingerprint density at radius 1 is 1.21 bits per heavy atom. The quantitative estimate of drug-likeness (QED) is 0.271. The first-order valence-corrected chi connectivity index (χ1v) is 13.8. The first-order valence-electron chi connectivity index (χ1n) is 13.8. The van der Waals surface area contributed by atoms with E-state index in [1.807, 2.05) is 6.92 Å². The van der Waals surface area contributed by atoms with E-state index in [-0.39, 0.29) is 41.4 Å². The molecule has 1 aliphatic heterocycles. The van der Waals surface area contributed by atoms with Crippen LogP contribution in [0.25, 0.3) is 0 Å². The van der Waals surface area contributed by atoms with Crippen LogP contribution in [0.5, 0.6) is 0 Å². The number of methoxy groups -OCH3 is 2. The Morgan fingerprint density at radius 3 is 2.50 bits per heavy atom. The largest absolute Gasteiger partial charge is 0.439 e. The van der Waals surface area contributed by atoms with Gasteiger partial charge < -0.3 is 35.7 Å². The van der Waals surface area contributed by atoms with Crippen molar-refractivity contribution in [3.63, 3.8) is 0 Å². The van der Waals surface area contributed by atoms with Crippen molar-refractivity contribution < 1.29 is 38.5 Å². The molecule has 0 aromatic carbocycles. The van der Waals surface area contributed by atoms with E-state index in [4.69, 9.17) is 19.9 Å². The fourth-order valence-corrected chi connectivity index (χ4v) is 4.95. The zero-order valence-electron chi connectivity index (χ0n) is 25.1. The number of aliphatic hydroxyl groups excluding tert-OH is 1. The Morgan fingerprint density at radius 2 is 1.90 bits per heavy atom. The summed E-state index contributed by atoms with van der Waals surface area (Å²) < 4.78 is 16.6. The van der Waals surface area contributed by atoms with E-state index in [0.29, 0.717) is 12.0 Å². The summed E-state index contributed by atoms with van der Waals surface area (Å²) in [5.41, 5.74) is 6.42. The van der Waals surface area contributed by atoms with Gasteiger partial charge in [-0.1, -0.05) is 44.2 Å². The number of ether oxygens (including phenoxy) is 3. The minimum Gasteiger partial charge on any atom is -0.439 e. The van der Waals surface area contributed by atoms with Crippen molar-refractivity contribution in [3.05, 3.63) is 71.1 Å². The number of rotatable bonds is 6. The molecule has 5 N–H and O–H groups in total. The minimum atomic E-state index is -1.00. The molecule has 42 heavy (non-hydrogen) atoms. The number of amides is 2. The second-order valence-corrected chi connectivity index (χ2v) is 10.6. The summed E-state index contributed by atoms with van der Waals surface area (Å²) in [5.74, 6) is -2.14. The summed E-state index contributed by atoms with van der Waals surface area (Å²) in [4.78, 5) is 51.3. The Balaban J connectivity index is 2.62. The van der Waals surface area contributed by atoms with Gasteiger partial charge in [0, 0.05) is 43.9 Å². The lowest BCUT2D eigenvalue weighted by Gasteiger charge is -2.30. The number of Topliss-reactive ketones (excluding diaryl/α,β-unsaturated/α-hetero) is 1. The molecule has 6 atom stereocenters. The van der Waals surface area contributed by atoms with Crippen molar-refractivity contribution in [2.24, 2.45) is 17.6 Å². The molecule has 0 fully saturated rings. The molecule has 0 unspecified atom stereocenters. The standard InChI is InChI=1S/C31H43N3O8/c1-8-12-33-26-21-13-17(2)14-25(41-7)27(36)19(4)15-20(5)29(42-31(32)39)24(40-6)11-9-10-18(3)30(38)34-22(28(21)37)16-23(26)35/h8-11,15-17,19,24-25,27,29,33,36H,1,12-14H2,2-7H3,(H2,32,39)(H,34,38)/b11-9?,18-10-,20-15?/t17-,19+,24+,25+,27-,29+/m1/s1. The minimum absolute atomic E-state index is 0.132. The maximum atomic E-state index is 13.5. The summed E-state index contributed by atoms with van der Waals surface area (Å²) in [5, 5.41) is 16.7. The van der Waals surface area contributed by atoms with Crippen LogP contribution in [-0.2, 0) is 28.6 Å². The molecule has 1 aliphatic carbocycles. The van der Waals surface area contributed by atoms with E-state index in [9.17, 15) is 24.3 Å². The fraction of sp³-hybridized carbons (Fsp3) is 0.484. The van der Waals surface area contributed by atoms with Gasteiger partial charge in [0.2, 0.25) is 11.6 Å². The highest BCUT2D eigenvalue weighted by molar-refractivity contribution is 6.23. The lowest BCUT2D eigenvalue weighted by Crippen LogP contribution is -2.37. The molecule has 2 aliphatic rings. The monoisotopic (exact) mass is 585 g/mol. The van der Waals surface area contributed by atoms with Gasteiger partial charge in [0.1, 0.15) is 6.10 Å². The number of carbonyl (C=O) groups is 4. The molecule has 11 nitrogen and oxygen atoms in total. The number of nitrogens with one attached hydrogen (secondary N) is 2. The fourth-order valence-electron chi connectivity index (χ4n) is 4.95. The average Bonchev–Trinajstić information content (AvgIpc) is 2.94. The van der Waals surface area contributed by atoms with Crippen LogP contribution < -0.4 is 16.4 Å². The predicted octanol–water partition coefficient (Wildman–Crippen LogP) is 2.54. The number of fused-ring (bicyclic) bond motifs is 2. The van der Waals surface area contributed by atoms with E-state index < -0.39 is 53.9 Å². The Labute approximate surface area is 247 Å². The van der Waals surface area contributed by atoms with E-state index in [1.165, 1.54) is 20.3 Å². The average molecular weight is 586 g/mol. The third kappa shape index (κ3) is 9.10. The van der Waals surface area contributed by atoms with E-state index in [1.54, 1.807) is 45.1 Å². The second kappa shape index (κ2) is 16.0. The van der Waals surface area contributed by atoms with Gasteiger partial charge >= 0.3 is 6.09 Å². The smallest absolute Gasteiger partial charge is 0.405 e. The van der Waals surface area contributed by atoms with Crippen LogP contribution in [0.4, 0.5) is 4.79 Å². The zero-order chi connectivity index (χ0) is 31.6. The molecule has 0 saturated carbocycles. The molecule has 0 spiro atoms. The Hall–Kier alpha value is -3.80. The van der Waals surface area contributed by atoms with Gasteiger partial charge in [-0.25, -0.2) is 4.79 Å². The third-order valence-electron chi connectivity index (χ3n) is 7.22. The summed E-state index contributed by atoms with van der Waals surface area (Å²) in [6.45, 7) is 10.9. The molecule has 2 rings (SSSR count). The summed E-state index contributed by atoms with van der Waals surface area (Å²) in [7, 11) is 2.92. The van der Waals surface area contributed by atoms with Crippen molar-refractivity contribution in [2.75, 3.05) is 20.8 Å². The molecule has 11 heteroatoms. The van der Waals surface area contributed by atoms with Crippen molar-refractivity contribution in [1.29, 1.82) is 0 Å². The van der Waals surface area contributed by atoms with Crippen LogP contribution in [0.2, 0.25) is 0 Å². The summed E-state index contributed by atoms with van der Waals surface area (Å²) in [6, 6.07) is 0. The first-order chi connectivity index (χ1) is 19.8. The number of hydrogen-bond acceptors (Lipinski definition) is 9. The highest BCUT2D eigenvalue weighted by atomic mass is 16.6. The van der Waals surface area contributed by atoms with Crippen LogP contribution in [0.3, 0.4) is 0 Å². The highest BCUT2D eigenvalue weighted by Crippen LogP contribution is 2.28. The molecule has 2 bridgehead atoms. The molecule has 2 amide bonds. The van der Waals surface area contributed by atoms with E-state index in [0.717, 1.165) is 6.08 Å². The molecule has 0 saturated heterocycles. The van der Waals surface area contributed by atoms with Crippen LogP contribution in [-0.4, -0.2) is 73.9 Å². The first kappa shape index (κ1) is 34.4.